The molecule has 5 nitrogen and oxygen atoms in total. The molecule has 0 radical (unpaired) electrons. The fraction of sp³-hybridized carbons (Fsp3) is 0.167. The van der Waals surface area contributed by atoms with Crippen molar-refractivity contribution in [1.82, 2.24) is 15.2 Å². The first kappa shape index (κ1) is 16.2. The van der Waals surface area contributed by atoms with Gasteiger partial charge < -0.3 is 10.2 Å². The van der Waals surface area contributed by atoms with Gasteiger partial charge in [-0.3, -0.25) is 0 Å². The van der Waals surface area contributed by atoms with Crippen molar-refractivity contribution < 1.29 is 0 Å². The van der Waals surface area contributed by atoms with Crippen LogP contribution in [0.4, 0.5) is 23.1 Å². The van der Waals surface area contributed by atoms with Crippen molar-refractivity contribution in [2.24, 2.45) is 0 Å². The first-order chi connectivity index (χ1) is 11.7. The highest BCUT2D eigenvalue weighted by molar-refractivity contribution is 6.30. The van der Waals surface area contributed by atoms with Gasteiger partial charge in [0.2, 0.25) is 5.95 Å². The number of nitrogens with zero attached hydrogens (tertiary/aromatic N) is 4. The van der Waals surface area contributed by atoms with Crippen molar-refractivity contribution in [1.29, 1.82) is 0 Å². The zero-order chi connectivity index (χ0) is 16.9. The largest absolute Gasteiger partial charge is 0.325 e. The molecule has 0 saturated heterocycles. The number of hydrogen-bond donors (Lipinski definition) is 1. The summed E-state index contributed by atoms with van der Waals surface area (Å²) in [6, 6.07) is 15.7. The fourth-order valence-corrected chi connectivity index (χ4v) is 2.68. The van der Waals surface area contributed by atoms with Gasteiger partial charge in [0, 0.05) is 22.9 Å². The number of benzene rings is 2. The zero-order valence-corrected chi connectivity index (χ0v) is 14.3. The van der Waals surface area contributed by atoms with Crippen molar-refractivity contribution in [3.8, 4) is 0 Å². The van der Waals surface area contributed by atoms with Gasteiger partial charge in [0.1, 0.15) is 0 Å². The van der Waals surface area contributed by atoms with Gasteiger partial charge in [-0.15, -0.1) is 5.10 Å². The lowest BCUT2D eigenvalue weighted by atomic mass is 10.2. The zero-order valence-electron chi connectivity index (χ0n) is 13.6. The predicted molar refractivity (Wildman–Crippen MR) is 98.4 cm³/mol. The molecule has 1 N–H and O–H groups in total. The maximum Gasteiger partial charge on any atom is 0.249 e. The van der Waals surface area contributed by atoms with E-state index < -0.39 is 0 Å². The first-order valence-electron chi connectivity index (χ1n) is 7.73. The molecular weight excluding hydrogens is 322 g/mol. The van der Waals surface area contributed by atoms with Crippen molar-refractivity contribution in [2.45, 2.75) is 13.8 Å². The lowest BCUT2D eigenvalue weighted by molar-refractivity contribution is 0.922. The van der Waals surface area contributed by atoms with E-state index in [2.05, 4.69) is 32.3 Å². The predicted octanol–water partition coefficient (Wildman–Crippen LogP) is 4.74. The topological polar surface area (TPSA) is 53.9 Å². The van der Waals surface area contributed by atoms with Crippen molar-refractivity contribution >= 4 is 34.7 Å². The second kappa shape index (κ2) is 7.27. The summed E-state index contributed by atoms with van der Waals surface area (Å²) in [5.41, 5.74) is 2.99. The standard InChI is InChI=1S/C18H18ClN5/c1-3-24(15-7-5-4-6-8-15)17-12-20-23-18(22-17)21-16-10-9-14(19)11-13(16)2/h4-12H,3H2,1-2H3,(H,21,22,23). The van der Waals surface area contributed by atoms with Crippen LogP contribution in [0.15, 0.2) is 54.7 Å². The van der Waals surface area contributed by atoms with Crippen molar-refractivity contribution in [3.05, 3.63) is 65.3 Å². The molecule has 0 aliphatic carbocycles. The molecule has 3 rings (SSSR count). The van der Waals surface area contributed by atoms with Gasteiger partial charge in [-0.1, -0.05) is 29.8 Å². The summed E-state index contributed by atoms with van der Waals surface area (Å²) in [4.78, 5) is 6.67. The Morgan fingerprint density at radius 1 is 1.12 bits per heavy atom. The molecule has 1 heterocycles. The van der Waals surface area contributed by atoms with Crippen molar-refractivity contribution in [3.63, 3.8) is 0 Å². The second-order valence-electron chi connectivity index (χ2n) is 5.30. The minimum atomic E-state index is 0.451. The van der Waals surface area contributed by atoms with Crippen LogP contribution >= 0.6 is 11.6 Å². The summed E-state index contributed by atoms with van der Waals surface area (Å²) in [7, 11) is 0. The van der Waals surface area contributed by atoms with Gasteiger partial charge in [-0.05, 0) is 49.7 Å². The lowest BCUT2D eigenvalue weighted by Gasteiger charge is -2.21. The van der Waals surface area contributed by atoms with Gasteiger partial charge in [-0.2, -0.15) is 10.1 Å². The SMILES string of the molecule is CCN(c1ccccc1)c1cnnc(Nc2ccc(Cl)cc2C)n1. The summed E-state index contributed by atoms with van der Waals surface area (Å²) in [5, 5.41) is 12.1. The maximum atomic E-state index is 6.00. The Kier molecular flexibility index (Phi) is 4.91. The Morgan fingerprint density at radius 2 is 1.92 bits per heavy atom. The van der Waals surface area contributed by atoms with Gasteiger partial charge in [0.25, 0.3) is 0 Å². The third kappa shape index (κ3) is 3.63. The highest BCUT2D eigenvalue weighted by atomic mass is 35.5. The third-order valence-corrected chi connectivity index (χ3v) is 3.88. The van der Waals surface area contributed by atoms with E-state index in [0.717, 1.165) is 29.3 Å². The van der Waals surface area contributed by atoms with Crippen LogP contribution in [-0.4, -0.2) is 21.7 Å². The molecule has 0 bridgehead atoms. The number of rotatable bonds is 5. The lowest BCUT2D eigenvalue weighted by Crippen LogP contribution is -2.18. The van der Waals surface area contributed by atoms with Crippen LogP contribution in [0.25, 0.3) is 0 Å². The van der Waals surface area contributed by atoms with Crippen LogP contribution < -0.4 is 10.2 Å². The molecule has 0 aliphatic heterocycles. The molecule has 0 amide bonds. The molecule has 1 aromatic heterocycles. The van der Waals surface area contributed by atoms with Crippen LogP contribution in [0.3, 0.4) is 0 Å². The molecule has 0 fully saturated rings. The summed E-state index contributed by atoms with van der Waals surface area (Å²) in [6.07, 6.45) is 1.66. The number of anilines is 4. The highest BCUT2D eigenvalue weighted by Crippen LogP contribution is 2.25. The molecule has 0 saturated carbocycles. The Labute approximate surface area is 146 Å². The molecule has 6 heteroatoms. The van der Waals surface area contributed by atoms with E-state index in [4.69, 9.17) is 11.6 Å². The van der Waals surface area contributed by atoms with E-state index in [1.807, 2.05) is 55.5 Å². The van der Waals surface area contributed by atoms with Crippen LogP contribution in [-0.2, 0) is 0 Å². The van der Waals surface area contributed by atoms with Crippen LogP contribution in [0.5, 0.6) is 0 Å². The molecule has 0 spiro atoms. The average molecular weight is 340 g/mol. The normalized spacial score (nSPS) is 10.5. The number of aromatic nitrogens is 3. The van der Waals surface area contributed by atoms with Gasteiger partial charge >= 0.3 is 0 Å². The van der Waals surface area contributed by atoms with E-state index >= 15 is 0 Å². The minimum absolute atomic E-state index is 0.451. The van der Waals surface area contributed by atoms with Crippen LogP contribution in [0, 0.1) is 6.92 Å². The minimum Gasteiger partial charge on any atom is -0.325 e. The number of hydrogen-bond acceptors (Lipinski definition) is 5. The average Bonchev–Trinajstić information content (AvgIpc) is 2.60. The Balaban J connectivity index is 1.88. The van der Waals surface area contributed by atoms with Gasteiger partial charge in [0.15, 0.2) is 5.82 Å². The number of halogens is 1. The van der Waals surface area contributed by atoms with Gasteiger partial charge in [-0.25, -0.2) is 0 Å². The number of para-hydroxylation sites is 1. The number of aryl methyl sites for hydroxylation is 1. The molecule has 2 aromatic carbocycles. The van der Waals surface area contributed by atoms with E-state index in [-0.39, 0.29) is 0 Å². The Bertz CT molecular complexity index is 823. The van der Waals surface area contributed by atoms with Crippen LogP contribution in [0.2, 0.25) is 5.02 Å². The monoisotopic (exact) mass is 339 g/mol. The molecule has 0 aliphatic rings. The summed E-state index contributed by atoms with van der Waals surface area (Å²) in [6.45, 7) is 4.83. The maximum absolute atomic E-state index is 6.00. The summed E-state index contributed by atoms with van der Waals surface area (Å²) < 4.78 is 0. The molecular formula is C18H18ClN5. The molecule has 122 valence electrons. The van der Waals surface area contributed by atoms with Crippen molar-refractivity contribution in [2.75, 3.05) is 16.8 Å². The smallest absolute Gasteiger partial charge is 0.249 e. The fourth-order valence-electron chi connectivity index (χ4n) is 2.45. The van der Waals surface area contributed by atoms with E-state index in [9.17, 15) is 0 Å². The van der Waals surface area contributed by atoms with E-state index in [1.54, 1.807) is 6.20 Å². The third-order valence-electron chi connectivity index (χ3n) is 3.64. The second-order valence-corrected chi connectivity index (χ2v) is 5.74. The number of nitrogens with one attached hydrogen (secondary N) is 1. The Morgan fingerprint density at radius 3 is 2.62 bits per heavy atom. The molecule has 24 heavy (non-hydrogen) atoms. The first-order valence-corrected chi connectivity index (χ1v) is 8.10. The Hall–Kier alpha value is -2.66. The quantitative estimate of drug-likeness (QED) is 0.728. The molecule has 3 aromatic rings. The van der Waals surface area contributed by atoms with Crippen LogP contribution in [0.1, 0.15) is 12.5 Å². The van der Waals surface area contributed by atoms with Gasteiger partial charge in [0.05, 0.1) is 6.20 Å². The van der Waals surface area contributed by atoms with E-state index in [1.165, 1.54) is 0 Å². The summed E-state index contributed by atoms with van der Waals surface area (Å²) in [5.74, 6) is 1.19. The molecule has 0 atom stereocenters. The molecule has 0 unspecified atom stereocenters. The summed E-state index contributed by atoms with van der Waals surface area (Å²) >= 11 is 6.00. The highest BCUT2D eigenvalue weighted by Gasteiger charge is 2.11. The van der Waals surface area contributed by atoms with E-state index in [0.29, 0.717) is 11.0 Å².